The first-order valence-corrected chi connectivity index (χ1v) is 4.18. The molecular formula is C9H5F2N5. The van der Waals surface area contributed by atoms with Crippen molar-refractivity contribution >= 4 is 5.95 Å². The van der Waals surface area contributed by atoms with Crippen LogP contribution in [-0.2, 0) is 0 Å². The monoisotopic (exact) mass is 221 g/mol. The predicted octanol–water partition coefficient (Wildman–Crippen LogP) is 0.999. The van der Waals surface area contributed by atoms with Crippen molar-refractivity contribution in [2.45, 2.75) is 0 Å². The fourth-order valence-electron chi connectivity index (χ4n) is 1.23. The highest BCUT2D eigenvalue weighted by Crippen LogP contribution is 2.18. The van der Waals surface area contributed by atoms with E-state index in [0.29, 0.717) is 0 Å². The number of rotatable bonds is 1. The van der Waals surface area contributed by atoms with Gasteiger partial charge in [0.05, 0.1) is 11.6 Å². The van der Waals surface area contributed by atoms with E-state index in [4.69, 9.17) is 11.0 Å². The maximum Gasteiger partial charge on any atom is 0.239 e. The summed E-state index contributed by atoms with van der Waals surface area (Å²) in [6, 6.07) is 3.47. The number of benzene rings is 1. The van der Waals surface area contributed by atoms with Crippen LogP contribution in [0, 0.1) is 23.0 Å². The summed E-state index contributed by atoms with van der Waals surface area (Å²) in [7, 11) is 0. The molecule has 0 atom stereocenters. The minimum absolute atomic E-state index is 0.0943. The number of hydrogen-bond acceptors (Lipinski definition) is 4. The zero-order valence-electron chi connectivity index (χ0n) is 7.85. The lowest BCUT2D eigenvalue weighted by Gasteiger charge is -2.03. The Kier molecular flexibility index (Phi) is 2.25. The van der Waals surface area contributed by atoms with E-state index in [1.165, 1.54) is 0 Å². The molecular weight excluding hydrogens is 216 g/mol. The van der Waals surface area contributed by atoms with Crippen LogP contribution in [0.5, 0.6) is 0 Å². The van der Waals surface area contributed by atoms with Crippen molar-refractivity contribution in [3.05, 3.63) is 35.7 Å². The smallest absolute Gasteiger partial charge is 0.239 e. The second-order valence-corrected chi connectivity index (χ2v) is 2.95. The molecule has 0 fully saturated rings. The van der Waals surface area contributed by atoms with Gasteiger partial charge in [0.1, 0.15) is 12.0 Å². The molecule has 7 heteroatoms. The Labute approximate surface area is 88.7 Å². The number of nitrogen functional groups attached to an aromatic ring is 1. The van der Waals surface area contributed by atoms with E-state index < -0.39 is 17.3 Å². The van der Waals surface area contributed by atoms with E-state index in [9.17, 15) is 8.78 Å². The molecule has 2 N–H and O–H groups in total. The van der Waals surface area contributed by atoms with Crippen LogP contribution in [0.1, 0.15) is 5.56 Å². The van der Waals surface area contributed by atoms with Crippen LogP contribution in [0.15, 0.2) is 18.5 Å². The Balaban J connectivity index is 2.63. The summed E-state index contributed by atoms with van der Waals surface area (Å²) in [4.78, 5) is 3.55. The SMILES string of the molecule is N#Cc1cc(F)c(-n2cnc(N)n2)c(F)c1. The van der Waals surface area contributed by atoms with Crippen LogP contribution in [0.2, 0.25) is 0 Å². The van der Waals surface area contributed by atoms with Crippen molar-refractivity contribution in [3.63, 3.8) is 0 Å². The van der Waals surface area contributed by atoms with Gasteiger partial charge in [0.2, 0.25) is 5.95 Å². The molecule has 2 rings (SSSR count). The van der Waals surface area contributed by atoms with E-state index in [2.05, 4.69) is 10.1 Å². The molecule has 0 aliphatic carbocycles. The predicted molar refractivity (Wildman–Crippen MR) is 50.4 cm³/mol. The van der Waals surface area contributed by atoms with Crippen molar-refractivity contribution in [2.75, 3.05) is 5.73 Å². The summed E-state index contributed by atoms with van der Waals surface area (Å²) in [6.45, 7) is 0. The third kappa shape index (κ3) is 1.56. The second-order valence-electron chi connectivity index (χ2n) is 2.95. The van der Waals surface area contributed by atoms with E-state index >= 15 is 0 Å². The van der Waals surface area contributed by atoms with Crippen molar-refractivity contribution in [1.82, 2.24) is 14.8 Å². The first kappa shape index (κ1) is 10.0. The van der Waals surface area contributed by atoms with Gasteiger partial charge in [-0.05, 0) is 12.1 Å². The summed E-state index contributed by atoms with van der Waals surface area (Å²) >= 11 is 0. The number of anilines is 1. The molecule has 0 amide bonds. The molecule has 0 spiro atoms. The highest BCUT2D eigenvalue weighted by Gasteiger charge is 2.14. The molecule has 16 heavy (non-hydrogen) atoms. The van der Waals surface area contributed by atoms with Gasteiger partial charge >= 0.3 is 0 Å². The summed E-state index contributed by atoms with van der Waals surface area (Å²) < 4.78 is 27.8. The van der Waals surface area contributed by atoms with Crippen molar-refractivity contribution in [1.29, 1.82) is 5.26 Å². The van der Waals surface area contributed by atoms with E-state index in [1.807, 2.05) is 0 Å². The number of halogens is 2. The lowest BCUT2D eigenvalue weighted by Crippen LogP contribution is -2.03. The Morgan fingerprint density at radius 3 is 2.38 bits per heavy atom. The standard InChI is InChI=1S/C9H5F2N5/c10-6-1-5(3-12)2-7(11)8(6)16-4-14-9(13)15-16/h1-2,4H,(H2,13,15). The van der Waals surface area contributed by atoms with Crippen LogP contribution in [0.25, 0.3) is 5.69 Å². The highest BCUT2D eigenvalue weighted by atomic mass is 19.1. The molecule has 5 nitrogen and oxygen atoms in total. The summed E-state index contributed by atoms with van der Waals surface area (Å²) in [6.07, 6.45) is 1.09. The third-order valence-electron chi connectivity index (χ3n) is 1.88. The van der Waals surface area contributed by atoms with E-state index in [1.54, 1.807) is 6.07 Å². The van der Waals surface area contributed by atoms with Gasteiger partial charge in [0.15, 0.2) is 11.6 Å². The molecule has 0 aliphatic heterocycles. The van der Waals surface area contributed by atoms with Gasteiger partial charge in [-0.15, -0.1) is 5.10 Å². The number of nitriles is 1. The van der Waals surface area contributed by atoms with Gasteiger partial charge in [-0.25, -0.2) is 18.4 Å². The minimum Gasteiger partial charge on any atom is -0.366 e. The van der Waals surface area contributed by atoms with Crippen LogP contribution >= 0.6 is 0 Å². The summed E-state index contributed by atoms with van der Waals surface area (Å²) in [5.41, 5.74) is 4.71. The average molecular weight is 221 g/mol. The number of nitrogens with zero attached hydrogens (tertiary/aromatic N) is 4. The summed E-state index contributed by atoms with van der Waals surface area (Å²) in [5, 5.41) is 12.1. The Bertz CT molecular complexity index is 561. The van der Waals surface area contributed by atoms with Crippen molar-refractivity contribution < 1.29 is 8.78 Å². The maximum absolute atomic E-state index is 13.5. The molecule has 0 unspecified atom stereocenters. The topological polar surface area (TPSA) is 80.5 Å². The van der Waals surface area contributed by atoms with Gasteiger partial charge in [0.25, 0.3) is 0 Å². The van der Waals surface area contributed by atoms with Gasteiger partial charge < -0.3 is 5.73 Å². The van der Waals surface area contributed by atoms with Crippen LogP contribution in [-0.4, -0.2) is 14.8 Å². The molecule has 1 aromatic carbocycles. The van der Waals surface area contributed by atoms with Crippen LogP contribution < -0.4 is 5.73 Å². The molecule has 0 bridgehead atoms. The van der Waals surface area contributed by atoms with E-state index in [-0.39, 0.29) is 11.5 Å². The fourth-order valence-corrected chi connectivity index (χ4v) is 1.23. The molecule has 0 aliphatic rings. The van der Waals surface area contributed by atoms with Crippen LogP contribution in [0.4, 0.5) is 14.7 Å². The zero-order valence-corrected chi connectivity index (χ0v) is 7.85. The maximum atomic E-state index is 13.5. The Morgan fingerprint density at radius 2 is 1.94 bits per heavy atom. The van der Waals surface area contributed by atoms with Crippen LogP contribution in [0.3, 0.4) is 0 Å². The van der Waals surface area contributed by atoms with Gasteiger partial charge in [-0.1, -0.05) is 0 Å². The lowest BCUT2D eigenvalue weighted by molar-refractivity contribution is 0.559. The van der Waals surface area contributed by atoms with Gasteiger partial charge in [-0.2, -0.15) is 5.26 Å². The number of hydrogen-bond donors (Lipinski definition) is 1. The minimum atomic E-state index is -0.901. The van der Waals surface area contributed by atoms with Crippen molar-refractivity contribution in [3.8, 4) is 11.8 Å². The molecule has 0 saturated carbocycles. The third-order valence-corrected chi connectivity index (χ3v) is 1.88. The largest absolute Gasteiger partial charge is 0.366 e. The van der Waals surface area contributed by atoms with Gasteiger partial charge in [-0.3, -0.25) is 0 Å². The van der Waals surface area contributed by atoms with E-state index in [0.717, 1.165) is 23.1 Å². The van der Waals surface area contributed by atoms with Crippen molar-refractivity contribution in [2.24, 2.45) is 0 Å². The summed E-state index contributed by atoms with van der Waals surface area (Å²) in [5.74, 6) is -1.90. The molecule has 0 radical (unpaired) electrons. The molecule has 2 aromatic rings. The van der Waals surface area contributed by atoms with Gasteiger partial charge in [0, 0.05) is 0 Å². The number of aromatic nitrogens is 3. The lowest BCUT2D eigenvalue weighted by atomic mass is 10.2. The quantitative estimate of drug-likeness (QED) is 0.778. The normalized spacial score (nSPS) is 10.1. The molecule has 1 heterocycles. The second kappa shape index (κ2) is 3.58. The molecule has 0 saturated heterocycles. The first-order chi connectivity index (χ1) is 7.61. The first-order valence-electron chi connectivity index (χ1n) is 4.18. The average Bonchev–Trinajstić information content (AvgIpc) is 2.63. The molecule has 80 valence electrons. The Hall–Kier alpha value is -2.49. The molecule has 1 aromatic heterocycles. The highest BCUT2D eigenvalue weighted by molar-refractivity contribution is 5.42. The fraction of sp³-hybridized carbons (Fsp3) is 0. The zero-order chi connectivity index (χ0) is 11.7. The number of nitrogens with two attached hydrogens (primary N) is 1. The Morgan fingerprint density at radius 1 is 1.31 bits per heavy atom.